The Morgan fingerprint density at radius 2 is 1.67 bits per heavy atom. The van der Waals surface area contributed by atoms with Gasteiger partial charge in [0, 0.05) is 5.69 Å². The molecule has 4 rings (SSSR count). The molecule has 33 heavy (non-hydrogen) atoms. The van der Waals surface area contributed by atoms with Crippen LogP contribution in [0.1, 0.15) is 6.92 Å². The van der Waals surface area contributed by atoms with E-state index in [-0.39, 0.29) is 17.2 Å². The Bertz CT molecular complexity index is 1330. The van der Waals surface area contributed by atoms with Crippen molar-refractivity contribution in [2.75, 3.05) is 5.32 Å². The van der Waals surface area contributed by atoms with Crippen LogP contribution in [0.5, 0.6) is 5.75 Å². The first-order chi connectivity index (χ1) is 15.9. The van der Waals surface area contributed by atoms with Gasteiger partial charge in [0.2, 0.25) is 5.91 Å². The standard InChI is InChI=1S/C24H19F2N3O3S/c1-15(21(30)27-16-7-3-2-4-8-16)33-24-28-20-10-6-5-9-19(20)22(31)29(24)17-11-13-18(14-12-17)32-23(25)26/h2-15,23H,1H3,(H,27,30). The van der Waals surface area contributed by atoms with Crippen molar-refractivity contribution in [2.45, 2.75) is 23.9 Å². The van der Waals surface area contributed by atoms with Gasteiger partial charge in [0.05, 0.1) is 21.8 Å². The lowest BCUT2D eigenvalue weighted by atomic mass is 10.2. The van der Waals surface area contributed by atoms with E-state index in [4.69, 9.17) is 0 Å². The van der Waals surface area contributed by atoms with E-state index in [9.17, 15) is 18.4 Å². The molecule has 1 heterocycles. The molecule has 3 aromatic carbocycles. The molecule has 0 saturated heterocycles. The number of benzene rings is 3. The second-order valence-corrected chi connectivity index (χ2v) is 8.35. The Hall–Kier alpha value is -3.72. The molecular formula is C24H19F2N3O3S. The second kappa shape index (κ2) is 9.83. The highest BCUT2D eigenvalue weighted by Crippen LogP contribution is 2.27. The van der Waals surface area contributed by atoms with Gasteiger partial charge >= 0.3 is 6.61 Å². The number of carbonyl (C=O) groups is 1. The van der Waals surface area contributed by atoms with E-state index < -0.39 is 11.9 Å². The van der Waals surface area contributed by atoms with E-state index in [0.29, 0.717) is 27.4 Å². The molecule has 0 spiro atoms. The summed E-state index contributed by atoms with van der Waals surface area (Å²) in [5, 5.41) is 2.96. The number of ether oxygens (including phenoxy) is 1. The number of alkyl halides is 2. The normalized spacial score (nSPS) is 12.0. The molecule has 9 heteroatoms. The number of halogens is 2. The smallest absolute Gasteiger partial charge is 0.387 e. The van der Waals surface area contributed by atoms with Crippen molar-refractivity contribution in [3.8, 4) is 11.4 Å². The van der Waals surface area contributed by atoms with Gasteiger partial charge in [-0.15, -0.1) is 0 Å². The van der Waals surface area contributed by atoms with Crippen molar-refractivity contribution < 1.29 is 18.3 Å². The van der Waals surface area contributed by atoms with Crippen LogP contribution in [0.15, 0.2) is 88.8 Å². The molecular weight excluding hydrogens is 448 g/mol. The summed E-state index contributed by atoms with van der Waals surface area (Å²) < 4.78 is 30.7. The first kappa shape index (κ1) is 22.5. The number of para-hydroxylation sites is 2. The highest BCUT2D eigenvalue weighted by Gasteiger charge is 2.20. The van der Waals surface area contributed by atoms with Gasteiger partial charge in [-0.05, 0) is 55.5 Å². The van der Waals surface area contributed by atoms with E-state index in [2.05, 4.69) is 15.0 Å². The van der Waals surface area contributed by atoms with Crippen molar-refractivity contribution in [1.82, 2.24) is 9.55 Å². The van der Waals surface area contributed by atoms with Gasteiger partial charge in [-0.1, -0.05) is 42.1 Å². The van der Waals surface area contributed by atoms with Gasteiger partial charge in [-0.2, -0.15) is 8.78 Å². The number of rotatable bonds is 7. The molecule has 4 aromatic rings. The Morgan fingerprint density at radius 1 is 1.00 bits per heavy atom. The van der Waals surface area contributed by atoms with Gasteiger partial charge in [0.1, 0.15) is 5.75 Å². The fraction of sp³-hybridized carbons (Fsp3) is 0.125. The molecule has 1 aromatic heterocycles. The Labute approximate surface area is 192 Å². The fourth-order valence-corrected chi connectivity index (χ4v) is 4.10. The third-order valence-electron chi connectivity index (χ3n) is 4.76. The summed E-state index contributed by atoms with van der Waals surface area (Å²) in [6.07, 6.45) is 0. The summed E-state index contributed by atoms with van der Waals surface area (Å²) in [6.45, 7) is -1.23. The number of hydrogen-bond donors (Lipinski definition) is 1. The predicted octanol–water partition coefficient (Wildman–Crippen LogP) is 5.11. The third-order valence-corrected chi connectivity index (χ3v) is 5.81. The zero-order valence-corrected chi connectivity index (χ0v) is 18.3. The molecule has 0 radical (unpaired) electrons. The average molecular weight is 467 g/mol. The molecule has 0 saturated carbocycles. The zero-order valence-electron chi connectivity index (χ0n) is 17.4. The van der Waals surface area contributed by atoms with Crippen molar-refractivity contribution in [3.63, 3.8) is 0 Å². The summed E-state index contributed by atoms with van der Waals surface area (Å²) in [4.78, 5) is 30.6. The van der Waals surface area contributed by atoms with E-state index >= 15 is 0 Å². The van der Waals surface area contributed by atoms with Crippen LogP contribution in [-0.4, -0.2) is 27.3 Å². The number of hydrogen-bond acceptors (Lipinski definition) is 5. The molecule has 0 aliphatic rings. The maximum absolute atomic E-state index is 13.3. The zero-order chi connectivity index (χ0) is 23.4. The number of carbonyl (C=O) groups excluding carboxylic acids is 1. The molecule has 1 N–H and O–H groups in total. The predicted molar refractivity (Wildman–Crippen MR) is 124 cm³/mol. The number of amides is 1. The van der Waals surface area contributed by atoms with E-state index in [1.165, 1.54) is 28.8 Å². The third kappa shape index (κ3) is 5.20. The van der Waals surface area contributed by atoms with Gasteiger partial charge < -0.3 is 10.1 Å². The van der Waals surface area contributed by atoms with Crippen molar-refractivity contribution in [3.05, 3.63) is 89.2 Å². The quantitative estimate of drug-likeness (QED) is 0.302. The number of anilines is 1. The van der Waals surface area contributed by atoms with E-state index in [1.54, 1.807) is 43.3 Å². The Balaban J connectivity index is 1.71. The SMILES string of the molecule is CC(Sc1nc2ccccc2c(=O)n1-c1ccc(OC(F)F)cc1)C(=O)Nc1ccccc1. The van der Waals surface area contributed by atoms with Crippen LogP contribution >= 0.6 is 11.8 Å². The molecule has 0 fully saturated rings. The minimum atomic E-state index is -2.95. The number of nitrogens with zero attached hydrogens (tertiary/aromatic N) is 2. The largest absolute Gasteiger partial charge is 0.435 e. The first-order valence-corrected chi connectivity index (χ1v) is 10.9. The van der Waals surface area contributed by atoms with Crippen molar-refractivity contribution in [2.24, 2.45) is 0 Å². The second-order valence-electron chi connectivity index (χ2n) is 7.04. The maximum atomic E-state index is 13.3. The first-order valence-electron chi connectivity index (χ1n) is 10.0. The topological polar surface area (TPSA) is 73.2 Å². The minimum absolute atomic E-state index is 0.0274. The monoisotopic (exact) mass is 467 g/mol. The summed E-state index contributed by atoms with van der Waals surface area (Å²) in [7, 11) is 0. The van der Waals surface area contributed by atoms with Crippen molar-refractivity contribution >= 4 is 34.3 Å². The van der Waals surface area contributed by atoms with Gasteiger partial charge in [-0.25, -0.2) is 4.98 Å². The Kier molecular flexibility index (Phi) is 6.69. The lowest BCUT2D eigenvalue weighted by Gasteiger charge is -2.17. The van der Waals surface area contributed by atoms with E-state index in [0.717, 1.165) is 11.8 Å². The van der Waals surface area contributed by atoms with Crippen molar-refractivity contribution in [1.29, 1.82) is 0 Å². The molecule has 1 amide bonds. The van der Waals surface area contributed by atoms with Crippen LogP contribution in [0, 0.1) is 0 Å². The van der Waals surface area contributed by atoms with Gasteiger partial charge in [-0.3, -0.25) is 14.2 Å². The molecule has 168 valence electrons. The highest BCUT2D eigenvalue weighted by molar-refractivity contribution is 8.00. The van der Waals surface area contributed by atoms with Crippen LogP contribution < -0.4 is 15.6 Å². The summed E-state index contributed by atoms with van der Waals surface area (Å²) in [6, 6.07) is 21.6. The number of thioether (sulfide) groups is 1. The molecule has 1 unspecified atom stereocenters. The maximum Gasteiger partial charge on any atom is 0.387 e. The molecule has 1 atom stereocenters. The van der Waals surface area contributed by atoms with E-state index in [1.807, 2.05) is 18.2 Å². The summed E-state index contributed by atoms with van der Waals surface area (Å²) in [5.41, 5.74) is 1.24. The van der Waals surface area contributed by atoms with Gasteiger partial charge in [0.25, 0.3) is 5.56 Å². The fourth-order valence-electron chi connectivity index (χ4n) is 3.17. The number of fused-ring (bicyclic) bond motifs is 1. The number of aromatic nitrogens is 2. The summed E-state index contributed by atoms with van der Waals surface area (Å²) >= 11 is 1.12. The van der Waals surface area contributed by atoms with Crippen LogP contribution in [0.4, 0.5) is 14.5 Å². The molecule has 0 aliphatic heterocycles. The average Bonchev–Trinajstić information content (AvgIpc) is 2.80. The van der Waals surface area contributed by atoms with Crippen LogP contribution in [0.2, 0.25) is 0 Å². The molecule has 6 nitrogen and oxygen atoms in total. The van der Waals surface area contributed by atoms with Crippen LogP contribution in [-0.2, 0) is 4.79 Å². The lowest BCUT2D eigenvalue weighted by Crippen LogP contribution is -2.26. The number of nitrogens with one attached hydrogen (secondary N) is 1. The minimum Gasteiger partial charge on any atom is -0.435 e. The lowest BCUT2D eigenvalue weighted by molar-refractivity contribution is -0.115. The molecule has 0 aliphatic carbocycles. The summed E-state index contributed by atoms with van der Waals surface area (Å²) in [5.74, 6) is -0.277. The van der Waals surface area contributed by atoms with Crippen LogP contribution in [0.25, 0.3) is 16.6 Å². The molecule has 0 bridgehead atoms. The van der Waals surface area contributed by atoms with Gasteiger partial charge in [0.15, 0.2) is 5.16 Å². The Morgan fingerprint density at radius 3 is 2.36 bits per heavy atom. The van der Waals surface area contributed by atoms with Crippen LogP contribution in [0.3, 0.4) is 0 Å². The highest BCUT2D eigenvalue weighted by atomic mass is 32.2.